The monoisotopic (exact) mass is 227 g/mol. The highest BCUT2D eigenvalue weighted by atomic mass is 35.5. The summed E-state index contributed by atoms with van der Waals surface area (Å²) in [5.74, 6) is 6.20. The molecule has 1 unspecified atom stereocenters. The van der Waals surface area contributed by atoms with Gasteiger partial charge in [0.15, 0.2) is 0 Å². The zero-order valence-corrected chi connectivity index (χ0v) is 9.96. The Morgan fingerprint density at radius 3 is 2.60 bits per heavy atom. The standard InChI is InChI=1S/C11H18ClN3/c1-8(2)3-5-10(15-13)9-4-6-11(12)14-7-9/h4,6-8,10,15H,3,5,13H2,1-2H3. The van der Waals surface area contributed by atoms with E-state index in [0.717, 1.165) is 18.4 Å². The predicted octanol–water partition coefficient (Wildman–Crippen LogP) is 2.68. The third-order valence-corrected chi connectivity index (χ3v) is 2.61. The van der Waals surface area contributed by atoms with Gasteiger partial charge in [-0.3, -0.25) is 11.3 Å². The topological polar surface area (TPSA) is 50.9 Å². The molecule has 1 atom stereocenters. The number of hydrazine groups is 1. The molecule has 0 aromatic carbocycles. The summed E-state index contributed by atoms with van der Waals surface area (Å²) in [6, 6.07) is 3.91. The molecule has 1 aromatic heterocycles. The molecule has 0 spiro atoms. The SMILES string of the molecule is CC(C)CCC(NN)c1ccc(Cl)nc1. The van der Waals surface area contributed by atoms with E-state index in [9.17, 15) is 0 Å². The molecule has 0 amide bonds. The van der Waals surface area contributed by atoms with Crippen molar-refractivity contribution in [2.24, 2.45) is 11.8 Å². The van der Waals surface area contributed by atoms with Crippen LogP contribution >= 0.6 is 11.6 Å². The van der Waals surface area contributed by atoms with Crippen molar-refractivity contribution in [3.63, 3.8) is 0 Å². The minimum Gasteiger partial charge on any atom is -0.271 e. The molecule has 0 fully saturated rings. The number of rotatable bonds is 5. The fourth-order valence-electron chi connectivity index (χ4n) is 1.44. The van der Waals surface area contributed by atoms with Crippen LogP contribution in [0, 0.1) is 5.92 Å². The molecule has 0 saturated heterocycles. The number of nitrogens with one attached hydrogen (secondary N) is 1. The van der Waals surface area contributed by atoms with Crippen molar-refractivity contribution in [2.45, 2.75) is 32.7 Å². The van der Waals surface area contributed by atoms with Crippen molar-refractivity contribution in [3.05, 3.63) is 29.0 Å². The molecule has 4 heteroatoms. The van der Waals surface area contributed by atoms with E-state index in [1.807, 2.05) is 6.07 Å². The summed E-state index contributed by atoms with van der Waals surface area (Å²) in [6.07, 6.45) is 3.92. The lowest BCUT2D eigenvalue weighted by atomic mass is 9.99. The van der Waals surface area contributed by atoms with Crippen LogP contribution in [0.4, 0.5) is 0 Å². The summed E-state index contributed by atoms with van der Waals surface area (Å²) >= 11 is 5.72. The zero-order chi connectivity index (χ0) is 11.3. The van der Waals surface area contributed by atoms with Gasteiger partial charge in [0, 0.05) is 12.2 Å². The maximum Gasteiger partial charge on any atom is 0.129 e. The second-order valence-corrected chi connectivity index (χ2v) is 4.49. The normalized spacial score (nSPS) is 13.1. The molecular weight excluding hydrogens is 210 g/mol. The maximum absolute atomic E-state index is 5.72. The van der Waals surface area contributed by atoms with E-state index in [-0.39, 0.29) is 6.04 Å². The first-order valence-electron chi connectivity index (χ1n) is 5.21. The van der Waals surface area contributed by atoms with Crippen molar-refractivity contribution in [3.8, 4) is 0 Å². The van der Waals surface area contributed by atoms with E-state index in [4.69, 9.17) is 17.4 Å². The minimum atomic E-state index is 0.164. The summed E-state index contributed by atoms with van der Waals surface area (Å²) in [5.41, 5.74) is 3.90. The molecule has 3 N–H and O–H groups in total. The van der Waals surface area contributed by atoms with Gasteiger partial charge in [-0.05, 0) is 30.4 Å². The first-order chi connectivity index (χ1) is 7.13. The Morgan fingerprint density at radius 1 is 1.40 bits per heavy atom. The van der Waals surface area contributed by atoms with E-state index in [1.165, 1.54) is 0 Å². The molecule has 1 heterocycles. The first kappa shape index (κ1) is 12.4. The molecule has 84 valence electrons. The number of pyridine rings is 1. The van der Waals surface area contributed by atoms with Crippen molar-refractivity contribution in [1.29, 1.82) is 0 Å². The quantitative estimate of drug-likeness (QED) is 0.462. The molecule has 0 saturated carbocycles. The van der Waals surface area contributed by atoms with Crippen LogP contribution in [0.5, 0.6) is 0 Å². The summed E-state index contributed by atoms with van der Waals surface area (Å²) in [4.78, 5) is 4.04. The number of hydrogen-bond acceptors (Lipinski definition) is 3. The average molecular weight is 228 g/mol. The smallest absolute Gasteiger partial charge is 0.129 e. The highest BCUT2D eigenvalue weighted by molar-refractivity contribution is 6.29. The second-order valence-electron chi connectivity index (χ2n) is 4.10. The molecule has 1 aromatic rings. The predicted molar refractivity (Wildman–Crippen MR) is 63.4 cm³/mol. The third-order valence-electron chi connectivity index (χ3n) is 2.39. The molecule has 0 radical (unpaired) electrons. The molecular formula is C11H18ClN3. The van der Waals surface area contributed by atoms with E-state index in [2.05, 4.69) is 24.3 Å². The molecule has 0 bridgehead atoms. The Labute approximate surface area is 96.0 Å². The third kappa shape index (κ3) is 4.16. The largest absolute Gasteiger partial charge is 0.271 e. The Morgan fingerprint density at radius 2 is 2.13 bits per heavy atom. The van der Waals surface area contributed by atoms with Crippen LogP contribution in [0.1, 0.15) is 38.3 Å². The molecule has 15 heavy (non-hydrogen) atoms. The van der Waals surface area contributed by atoms with Crippen LogP contribution in [-0.2, 0) is 0 Å². The fraction of sp³-hybridized carbons (Fsp3) is 0.545. The first-order valence-corrected chi connectivity index (χ1v) is 5.59. The van der Waals surface area contributed by atoms with Crippen molar-refractivity contribution in [2.75, 3.05) is 0 Å². The van der Waals surface area contributed by atoms with E-state index in [1.54, 1.807) is 12.3 Å². The van der Waals surface area contributed by atoms with Crippen LogP contribution in [-0.4, -0.2) is 4.98 Å². The van der Waals surface area contributed by atoms with Gasteiger partial charge in [-0.15, -0.1) is 0 Å². The van der Waals surface area contributed by atoms with Crippen LogP contribution in [0.15, 0.2) is 18.3 Å². The van der Waals surface area contributed by atoms with Gasteiger partial charge < -0.3 is 0 Å². The van der Waals surface area contributed by atoms with Gasteiger partial charge in [0.1, 0.15) is 5.15 Å². The number of nitrogens with zero attached hydrogens (tertiary/aromatic N) is 1. The van der Waals surface area contributed by atoms with Gasteiger partial charge in [-0.25, -0.2) is 4.98 Å². The van der Waals surface area contributed by atoms with Crippen molar-refractivity contribution >= 4 is 11.6 Å². The second kappa shape index (κ2) is 6.05. The highest BCUT2D eigenvalue weighted by Crippen LogP contribution is 2.20. The van der Waals surface area contributed by atoms with Gasteiger partial charge in [0.2, 0.25) is 0 Å². The molecule has 3 nitrogen and oxygen atoms in total. The van der Waals surface area contributed by atoms with Gasteiger partial charge in [-0.2, -0.15) is 0 Å². The zero-order valence-electron chi connectivity index (χ0n) is 9.20. The maximum atomic E-state index is 5.72. The van der Waals surface area contributed by atoms with Gasteiger partial charge in [0.25, 0.3) is 0 Å². The fourth-order valence-corrected chi connectivity index (χ4v) is 1.55. The molecule has 0 aliphatic heterocycles. The summed E-state index contributed by atoms with van der Waals surface area (Å²) in [6.45, 7) is 4.40. The summed E-state index contributed by atoms with van der Waals surface area (Å²) in [7, 11) is 0. The van der Waals surface area contributed by atoms with E-state index in [0.29, 0.717) is 11.1 Å². The van der Waals surface area contributed by atoms with Gasteiger partial charge in [0.05, 0.1) is 0 Å². The van der Waals surface area contributed by atoms with Crippen molar-refractivity contribution < 1.29 is 0 Å². The lowest BCUT2D eigenvalue weighted by Gasteiger charge is -2.16. The minimum absolute atomic E-state index is 0.164. The molecule has 1 rings (SSSR count). The Hall–Kier alpha value is -0.640. The summed E-state index contributed by atoms with van der Waals surface area (Å²) < 4.78 is 0. The number of nitrogens with two attached hydrogens (primary N) is 1. The van der Waals surface area contributed by atoms with Gasteiger partial charge >= 0.3 is 0 Å². The number of aromatic nitrogens is 1. The average Bonchev–Trinajstić information content (AvgIpc) is 2.21. The molecule has 0 aliphatic carbocycles. The van der Waals surface area contributed by atoms with E-state index >= 15 is 0 Å². The number of halogens is 1. The molecule has 0 aliphatic rings. The lowest BCUT2D eigenvalue weighted by molar-refractivity contribution is 0.447. The summed E-state index contributed by atoms with van der Waals surface area (Å²) in [5, 5.41) is 0.512. The highest BCUT2D eigenvalue weighted by Gasteiger charge is 2.10. The van der Waals surface area contributed by atoms with Crippen LogP contribution in [0.3, 0.4) is 0 Å². The van der Waals surface area contributed by atoms with Crippen LogP contribution in [0.2, 0.25) is 5.15 Å². The number of hydrogen-bond donors (Lipinski definition) is 2. The van der Waals surface area contributed by atoms with Crippen LogP contribution < -0.4 is 11.3 Å². The van der Waals surface area contributed by atoms with E-state index < -0.39 is 0 Å². The van der Waals surface area contributed by atoms with Gasteiger partial charge in [-0.1, -0.05) is 31.5 Å². The van der Waals surface area contributed by atoms with Crippen LogP contribution in [0.25, 0.3) is 0 Å². The van der Waals surface area contributed by atoms with Crippen molar-refractivity contribution in [1.82, 2.24) is 10.4 Å². The Bertz CT molecular complexity index is 284. The lowest BCUT2D eigenvalue weighted by Crippen LogP contribution is -2.28. The Balaban J connectivity index is 2.61. The Kier molecular flexibility index (Phi) is 5.02.